The fraction of sp³-hybridized carbons (Fsp3) is 0.440. The second-order valence-electron chi connectivity index (χ2n) is 8.90. The Hall–Kier alpha value is -3.34. The van der Waals surface area contributed by atoms with E-state index in [4.69, 9.17) is 10.8 Å². The summed E-state index contributed by atoms with van der Waals surface area (Å²) in [5, 5.41) is 7.89. The third-order valence-electron chi connectivity index (χ3n) is 6.79. The Labute approximate surface area is 205 Å². The number of halogens is 4. The average molecular weight is 509 g/mol. The SMILES string of the molecule is CO.Nc1cc(OC(F)(F)F)ccc1C(=O)N1CCC(c2c(F)cnc3[nH]c4c(c23)CCCC4)CC1. The number of aromatic nitrogens is 2. The van der Waals surface area contributed by atoms with Crippen LogP contribution >= 0.6 is 0 Å². The lowest BCUT2D eigenvalue weighted by atomic mass is 9.85. The molecule has 1 fully saturated rings. The van der Waals surface area contributed by atoms with E-state index in [0.717, 1.165) is 67.2 Å². The number of amides is 1. The van der Waals surface area contributed by atoms with Gasteiger partial charge in [-0.25, -0.2) is 9.37 Å². The second kappa shape index (κ2) is 10.3. The van der Waals surface area contributed by atoms with E-state index >= 15 is 4.39 Å². The number of H-pyrrole nitrogens is 1. The van der Waals surface area contributed by atoms with Gasteiger partial charge in [0, 0.05) is 48.6 Å². The minimum Gasteiger partial charge on any atom is -0.406 e. The number of nitrogens with zero attached hydrogens (tertiary/aromatic N) is 2. The quantitative estimate of drug-likeness (QED) is 0.352. The Morgan fingerprint density at radius 2 is 1.89 bits per heavy atom. The van der Waals surface area contributed by atoms with Crippen molar-refractivity contribution >= 4 is 22.6 Å². The van der Waals surface area contributed by atoms with Gasteiger partial charge in [-0.15, -0.1) is 13.2 Å². The molecule has 1 saturated heterocycles. The molecule has 0 saturated carbocycles. The number of pyridine rings is 1. The first-order valence-corrected chi connectivity index (χ1v) is 11.8. The predicted molar refractivity (Wildman–Crippen MR) is 126 cm³/mol. The number of rotatable bonds is 3. The van der Waals surface area contributed by atoms with Crippen LogP contribution in [0.2, 0.25) is 0 Å². The maximum Gasteiger partial charge on any atom is 0.573 e. The molecular formula is C25H28F4N4O3. The van der Waals surface area contributed by atoms with Crippen molar-refractivity contribution in [3.8, 4) is 5.75 Å². The fourth-order valence-electron chi connectivity index (χ4n) is 5.24. The number of alkyl halides is 3. The number of aliphatic hydroxyl groups is 1. The van der Waals surface area contributed by atoms with Crippen molar-refractivity contribution in [3.63, 3.8) is 0 Å². The predicted octanol–water partition coefficient (Wildman–Crippen LogP) is 4.69. The number of piperidine rings is 1. The summed E-state index contributed by atoms with van der Waals surface area (Å²) in [4.78, 5) is 22.2. The van der Waals surface area contributed by atoms with Crippen LogP contribution in [0.3, 0.4) is 0 Å². The molecule has 1 aromatic carbocycles. The van der Waals surface area contributed by atoms with Crippen molar-refractivity contribution in [3.05, 3.63) is 52.6 Å². The summed E-state index contributed by atoms with van der Waals surface area (Å²) >= 11 is 0. The summed E-state index contributed by atoms with van der Waals surface area (Å²) in [5.41, 5.74) is 9.57. The van der Waals surface area contributed by atoms with E-state index in [0.29, 0.717) is 31.5 Å². The lowest BCUT2D eigenvalue weighted by Gasteiger charge is -2.33. The molecule has 3 heterocycles. The molecule has 194 valence electrons. The highest BCUT2D eigenvalue weighted by molar-refractivity contribution is 5.99. The number of nitrogen functional groups attached to an aromatic ring is 1. The van der Waals surface area contributed by atoms with Crippen LogP contribution in [-0.2, 0) is 12.8 Å². The van der Waals surface area contributed by atoms with Crippen molar-refractivity contribution in [1.29, 1.82) is 0 Å². The second-order valence-corrected chi connectivity index (χ2v) is 8.90. The van der Waals surface area contributed by atoms with Gasteiger partial charge in [0.1, 0.15) is 17.2 Å². The van der Waals surface area contributed by atoms with Gasteiger partial charge in [0.15, 0.2) is 0 Å². The maximum atomic E-state index is 15.0. The summed E-state index contributed by atoms with van der Waals surface area (Å²) in [6.07, 6.45) is 1.57. The molecule has 2 aliphatic rings. The molecule has 5 rings (SSSR count). The van der Waals surface area contributed by atoms with E-state index in [1.165, 1.54) is 12.3 Å². The summed E-state index contributed by atoms with van der Waals surface area (Å²) < 4.78 is 56.2. The van der Waals surface area contributed by atoms with E-state index in [-0.39, 0.29) is 28.9 Å². The smallest absolute Gasteiger partial charge is 0.406 e. The van der Waals surface area contributed by atoms with Crippen molar-refractivity contribution in [2.24, 2.45) is 0 Å². The molecule has 4 N–H and O–H groups in total. The summed E-state index contributed by atoms with van der Waals surface area (Å²) in [7, 11) is 1.00. The molecule has 1 aliphatic heterocycles. The van der Waals surface area contributed by atoms with Gasteiger partial charge in [-0.3, -0.25) is 4.79 Å². The molecule has 36 heavy (non-hydrogen) atoms. The van der Waals surface area contributed by atoms with E-state index in [2.05, 4.69) is 14.7 Å². The van der Waals surface area contributed by atoms with E-state index in [9.17, 15) is 18.0 Å². The van der Waals surface area contributed by atoms with Crippen LogP contribution in [0, 0.1) is 5.82 Å². The zero-order valence-electron chi connectivity index (χ0n) is 19.8. The minimum absolute atomic E-state index is 0.0590. The highest BCUT2D eigenvalue weighted by Crippen LogP contribution is 2.39. The Morgan fingerprint density at radius 1 is 1.19 bits per heavy atom. The number of ether oxygens (including phenoxy) is 1. The zero-order valence-corrected chi connectivity index (χ0v) is 19.8. The van der Waals surface area contributed by atoms with Gasteiger partial charge in [0.2, 0.25) is 0 Å². The van der Waals surface area contributed by atoms with Gasteiger partial charge in [-0.2, -0.15) is 0 Å². The van der Waals surface area contributed by atoms with Crippen LogP contribution in [0.4, 0.5) is 23.2 Å². The first-order valence-electron chi connectivity index (χ1n) is 11.8. The summed E-state index contributed by atoms with van der Waals surface area (Å²) in [6, 6.07) is 3.30. The molecule has 11 heteroatoms. The number of fused-ring (bicyclic) bond motifs is 3. The highest BCUT2D eigenvalue weighted by Gasteiger charge is 2.33. The number of likely N-dealkylation sites (tertiary alicyclic amines) is 1. The van der Waals surface area contributed by atoms with E-state index < -0.39 is 12.1 Å². The van der Waals surface area contributed by atoms with Crippen molar-refractivity contribution in [2.45, 2.75) is 50.8 Å². The van der Waals surface area contributed by atoms with Crippen molar-refractivity contribution in [2.75, 3.05) is 25.9 Å². The van der Waals surface area contributed by atoms with Crippen LogP contribution in [0.1, 0.15) is 58.8 Å². The number of nitrogens with two attached hydrogens (primary N) is 1. The summed E-state index contributed by atoms with van der Waals surface area (Å²) in [6.45, 7) is 0.777. The minimum atomic E-state index is -4.84. The molecule has 0 bridgehead atoms. The average Bonchev–Trinajstić information content (AvgIpc) is 3.23. The fourth-order valence-corrected chi connectivity index (χ4v) is 5.24. The topological polar surface area (TPSA) is 104 Å². The number of hydrogen-bond donors (Lipinski definition) is 3. The zero-order chi connectivity index (χ0) is 26.0. The van der Waals surface area contributed by atoms with Crippen LogP contribution < -0.4 is 10.5 Å². The molecule has 7 nitrogen and oxygen atoms in total. The van der Waals surface area contributed by atoms with Gasteiger partial charge in [-0.1, -0.05) is 0 Å². The van der Waals surface area contributed by atoms with Gasteiger partial charge >= 0.3 is 6.36 Å². The number of anilines is 1. The van der Waals surface area contributed by atoms with Crippen LogP contribution in [0.25, 0.3) is 11.0 Å². The Balaban J connectivity index is 0.00000148. The standard InChI is InChI=1S/C24H24F4N4O2.CH4O/c25-17-12-30-22-21(16-3-1-2-4-19(16)31-22)20(17)13-7-9-32(10-8-13)23(33)15-6-5-14(11-18(15)29)34-24(26,27)28;1-2/h5-6,11-13H,1-4,7-10,29H2,(H,30,31);2H,1H3. The van der Waals surface area contributed by atoms with Crippen LogP contribution in [-0.4, -0.2) is 52.4 Å². The van der Waals surface area contributed by atoms with E-state index in [1.54, 1.807) is 4.90 Å². The summed E-state index contributed by atoms with van der Waals surface area (Å²) in [5.74, 6) is -1.23. The van der Waals surface area contributed by atoms with Gasteiger partial charge in [0.05, 0.1) is 11.8 Å². The third-order valence-corrected chi connectivity index (χ3v) is 6.79. The molecule has 1 aliphatic carbocycles. The van der Waals surface area contributed by atoms with Gasteiger partial charge < -0.3 is 25.5 Å². The number of aliphatic hydroxyl groups excluding tert-OH is 1. The normalized spacial score (nSPS) is 16.3. The number of nitrogens with one attached hydrogen (secondary N) is 1. The molecule has 2 aromatic heterocycles. The maximum absolute atomic E-state index is 15.0. The number of carbonyl (C=O) groups excluding carboxylic acids is 1. The lowest BCUT2D eigenvalue weighted by Crippen LogP contribution is -2.38. The lowest BCUT2D eigenvalue weighted by molar-refractivity contribution is -0.274. The molecule has 0 spiro atoms. The Bertz CT molecular complexity index is 1250. The molecule has 0 unspecified atom stereocenters. The van der Waals surface area contributed by atoms with E-state index in [1.807, 2.05) is 0 Å². The van der Waals surface area contributed by atoms with Crippen molar-refractivity contribution in [1.82, 2.24) is 14.9 Å². The molecule has 3 aromatic rings. The molecule has 0 radical (unpaired) electrons. The largest absolute Gasteiger partial charge is 0.573 e. The Kier molecular flexibility index (Phi) is 7.39. The third kappa shape index (κ3) is 5.11. The number of hydrogen-bond acceptors (Lipinski definition) is 5. The molecule has 1 amide bonds. The monoisotopic (exact) mass is 508 g/mol. The van der Waals surface area contributed by atoms with Crippen molar-refractivity contribution < 1.29 is 32.2 Å². The molecular weight excluding hydrogens is 480 g/mol. The van der Waals surface area contributed by atoms with Crippen LogP contribution in [0.15, 0.2) is 24.4 Å². The van der Waals surface area contributed by atoms with Gasteiger partial charge in [0.25, 0.3) is 5.91 Å². The number of carbonyl (C=O) groups is 1. The first-order chi connectivity index (χ1) is 17.2. The van der Waals surface area contributed by atoms with Crippen LogP contribution in [0.5, 0.6) is 5.75 Å². The highest BCUT2D eigenvalue weighted by atomic mass is 19.4. The number of aromatic amines is 1. The Morgan fingerprint density at radius 3 is 2.56 bits per heavy atom. The van der Waals surface area contributed by atoms with Gasteiger partial charge in [-0.05, 0) is 62.1 Å². The number of aryl methyl sites for hydroxylation is 2. The number of benzene rings is 1. The first kappa shape index (κ1) is 25.7. The molecule has 0 atom stereocenters.